The zero-order valence-electron chi connectivity index (χ0n) is 11.8. The third-order valence-corrected chi connectivity index (χ3v) is 3.03. The minimum Gasteiger partial charge on any atom is -0.381 e. The SMILES string of the molecule is CC(=O)Nc1cc(NCc2ccc(F)c(F)c2)ccc1C. The number of amides is 1. The average Bonchev–Trinajstić information content (AvgIpc) is 2.43. The molecule has 2 aromatic carbocycles. The second-order valence-electron chi connectivity index (χ2n) is 4.81. The fraction of sp³-hybridized carbons (Fsp3) is 0.188. The van der Waals surface area contributed by atoms with Crippen LogP contribution in [0.5, 0.6) is 0 Å². The lowest BCUT2D eigenvalue weighted by Crippen LogP contribution is -2.08. The molecule has 5 heteroatoms. The van der Waals surface area contributed by atoms with Gasteiger partial charge in [0.1, 0.15) is 0 Å². The Labute approximate surface area is 122 Å². The molecule has 0 radical (unpaired) electrons. The highest BCUT2D eigenvalue weighted by atomic mass is 19.2. The topological polar surface area (TPSA) is 41.1 Å². The summed E-state index contributed by atoms with van der Waals surface area (Å²) in [6.45, 7) is 3.70. The van der Waals surface area contributed by atoms with E-state index in [1.165, 1.54) is 13.0 Å². The summed E-state index contributed by atoms with van der Waals surface area (Å²) in [4.78, 5) is 11.1. The lowest BCUT2D eigenvalue weighted by molar-refractivity contribution is -0.114. The van der Waals surface area contributed by atoms with Gasteiger partial charge in [0, 0.05) is 24.8 Å². The molecule has 3 nitrogen and oxygen atoms in total. The van der Waals surface area contributed by atoms with E-state index in [2.05, 4.69) is 10.6 Å². The number of hydrogen-bond donors (Lipinski definition) is 2. The molecule has 2 aromatic rings. The molecule has 0 fully saturated rings. The van der Waals surface area contributed by atoms with Crippen LogP contribution in [0.4, 0.5) is 20.2 Å². The normalized spacial score (nSPS) is 10.3. The first kappa shape index (κ1) is 15.0. The van der Waals surface area contributed by atoms with E-state index in [-0.39, 0.29) is 5.91 Å². The Morgan fingerprint density at radius 1 is 1.10 bits per heavy atom. The number of halogens is 2. The van der Waals surface area contributed by atoms with E-state index >= 15 is 0 Å². The lowest BCUT2D eigenvalue weighted by Gasteiger charge is -2.11. The number of anilines is 2. The third kappa shape index (κ3) is 4.02. The maximum absolute atomic E-state index is 13.1. The zero-order valence-corrected chi connectivity index (χ0v) is 11.8. The molecule has 0 saturated carbocycles. The van der Waals surface area contributed by atoms with Gasteiger partial charge in [-0.1, -0.05) is 12.1 Å². The standard InChI is InChI=1S/C16H16F2N2O/c1-10-3-5-13(8-16(10)20-11(2)21)19-9-12-4-6-14(17)15(18)7-12/h3-8,19H,9H2,1-2H3,(H,20,21). The van der Waals surface area contributed by atoms with Crippen molar-refractivity contribution in [1.29, 1.82) is 0 Å². The van der Waals surface area contributed by atoms with Gasteiger partial charge >= 0.3 is 0 Å². The molecular formula is C16H16F2N2O. The van der Waals surface area contributed by atoms with Gasteiger partial charge in [0.2, 0.25) is 5.91 Å². The molecule has 0 aliphatic carbocycles. The fourth-order valence-electron chi connectivity index (χ4n) is 1.91. The Kier molecular flexibility index (Phi) is 4.52. The van der Waals surface area contributed by atoms with Crippen LogP contribution in [-0.4, -0.2) is 5.91 Å². The van der Waals surface area contributed by atoms with Crippen LogP contribution >= 0.6 is 0 Å². The van der Waals surface area contributed by atoms with E-state index in [1.54, 1.807) is 6.07 Å². The van der Waals surface area contributed by atoms with Crippen molar-refractivity contribution in [3.05, 3.63) is 59.2 Å². The molecule has 0 spiro atoms. The molecule has 0 aliphatic rings. The lowest BCUT2D eigenvalue weighted by atomic mass is 10.1. The Morgan fingerprint density at radius 3 is 2.52 bits per heavy atom. The molecule has 0 bridgehead atoms. The maximum atomic E-state index is 13.1. The first-order valence-electron chi connectivity index (χ1n) is 6.52. The highest BCUT2D eigenvalue weighted by molar-refractivity contribution is 5.90. The largest absolute Gasteiger partial charge is 0.381 e. The van der Waals surface area contributed by atoms with E-state index in [0.29, 0.717) is 12.1 Å². The van der Waals surface area contributed by atoms with Gasteiger partial charge in [-0.25, -0.2) is 8.78 Å². The molecule has 1 amide bonds. The molecule has 0 atom stereocenters. The highest BCUT2D eigenvalue weighted by Gasteiger charge is 2.04. The summed E-state index contributed by atoms with van der Waals surface area (Å²) in [5.74, 6) is -1.87. The number of hydrogen-bond acceptors (Lipinski definition) is 2. The average molecular weight is 290 g/mol. The van der Waals surface area contributed by atoms with Gasteiger partial charge in [-0.2, -0.15) is 0 Å². The second kappa shape index (κ2) is 6.35. The number of carbonyl (C=O) groups is 1. The van der Waals surface area contributed by atoms with E-state index in [1.807, 2.05) is 19.1 Å². The second-order valence-corrected chi connectivity index (χ2v) is 4.81. The van der Waals surface area contributed by atoms with Crippen LogP contribution in [0.25, 0.3) is 0 Å². The number of nitrogens with one attached hydrogen (secondary N) is 2. The Balaban J connectivity index is 2.09. The summed E-state index contributed by atoms with van der Waals surface area (Å²) in [6.07, 6.45) is 0. The van der Waals surface area contributed by atoms with Crippen LogP contribution in [-0.2, 0) is 11.3 Å². The molecule has 21 heavy (non-hydrogen) atoms. The van der Waals surface area contributed by atoms with Crippen LogP contribution in [0, 0.1) is 18.6 Å². The summed E-state index contributed by atoms with van der Waals surface area (Å²) >= 11 is 0. The fourth-order valence-corrected chi connectivity index (χ4v) is 1.91. The van der Waals surface area contributed by atoms with Crippen molar-refractivity contribution in [3.8, 4) is 0 Å². The molecule has 0 aromatic heterocycles. The monoisotopic (exact) mass is 290 g/mol. The smallest absolute Gasteiger partial charge is 0.221 e. The van der Waals surface area contributed by atoms with E-state index in [9.17, 15) is 13.6 Å². The van der Waals surface area contributed by atoms with Crippen molar-refractivity contribution in [2.75, 3.05) is 10.6 Å². The Bertz CT molecular complexity index is 671. The molecule has 110 valence electrons. The minimum atomic E-state index is -0.864. The maximum Gasteiger partial charge on any atom is 0.221 e. The van der Waals surface area contributed by atoms with E-state index < -0.39 is 11.6 Å². The van der Waals surface area contributed by atoms with Crippen molar-refractivity contribution in [2.45, 2.75) is 20.4 Å². The number of carbonyl (C=O) groups excluding carboxylic acids is 1. The summed E-state index contributed by atoms with van der Waals surface area (Å²) in [6, 6.07) is 9.32. The van der Waals surface area contributed by atoms with Gasteiger partial charge in [0.15, 0.2) is 11.6 Å². The van der Waals surface area contributed by atoms with Gasteiger partial charge in [-0.15, -0.1) is 0 Å². The van der Waals surface area contributed by atoms with Crippen LogP contribution in [0.3, 0.4) is 0 Å². The Morgan fingerprint density at radius 2 is 1.86 bits per heavy atom. The highest BCUT2D eigenvalue weighted by Crippen LogP contribution is 2.21. The molecular weight excluding hydrogens is 274 g/mol. The van der Waals surface area contributed by atoms with Crippen molar-refractivity contribution in [2.24, 2.45) is 0 Å². The van der Waals surface area contributed by atoms with E-state index in [0.717, 1.165) is 29.1 Å². The first-order chi connectivity index (χ1) is 9.95. The summed E-state index contributed by atoms with van der Waals surface area (Å²) in [7, 11) is 0. The molecule has 0 heterocycles. The zero-order chi connectivity index (χ0) is 15.4. The quantitative estimate of drug-likeness (QED) is 0.898. The number of aryl methyl sites for hydroxylation is 1. The van der Waals surface area contributed by atoms with E-state index in [4.69, 9.17) is 0 Å². The van der Waals surface area contributed by atoms with Crippen molar-refractivity contribution in [3.63, 3.8) is 0 Å². The summed E-state index contributed by atoms with van der Waals surface area (Å²) < 4.78 is 26.0. The molecule has 2 rings (SSSR count). The molecule has 0 aliphatic heterocycles. The van der Waals surface area contributed by atoms with Crippen molar-refractivity contribution in [1.82, 2.24) is 0 Å². The Hall–Kier alpha value is -2.43. The van der Waals surface area contributed by atoms with Gasteiger partial charge < -0.3 is 10.6 Å². The van der Waals surface area contributed by atoms with Crippen LogP contribution in [0.1, 0.15) is 18.1 Å². The molecule has 0 saturated heterocycles. The summed E-state index contributed by atoms with van der Waals surface area (Å²) in [5, 5.41) is 5.85. The predicted molar refractivity (Wildman–Crippen MR) is 79.2 cm³/mol. The minimum absolute atomic E-state index is 0.143. The third-order valence-electron chi connectivity index (χ3n) is 3.03. The van der Waals surface area contributed by atoms with Crippen molar-refractivity contribution < 1.29 is 13.6 Å². The van der Waals surface area contributed by atoms with Crippen LogP contribution < -0.4 is 10.6 Å². The first-order valence-corrected chi connectivity index (χ1v) is 6.52. The van der Waals surface area contributed by atoms with Gasteiger partial charge in [-0.05, 0) is 42.3 Å². The van der Waals surface area contributed by atoms with Gasteiger partial charge in [-0.3, -0.25) is 4.79 Å². The molecule has 2 N–H and O–H groups in total. The number of rotatable bonds is 4. The van der Waals surface area contributed by atoms with Crippen LogP contribution in [0.15, 0.2) is 36.4 Å². The predicted octanol–water partition coefficient (Wildman–Crippen LogP) is 3.84. The van der Waals surface area contributed by atoms with Gasteiger partial charge in [0.25, 0.3) is 0 Å². The van der Waals surface area contributed by atoms with Gasteiger partial charge in [0.05, 0.1) is 0 Å². The molecule has 0 unspecified atom stereocenters. The number of benzene rings is 2. The van der Waals surface area contributed by atoms with Crippen LogP contribution in [0.2, 0.25) is 0 Å². The summed E-state index contributed by atoms with van der Waals surface area (Å²) in [5.41, 5.74) is 3.09. The van der Waals surface area contributed by atoms with Crippen molar-refractivity contribution >= 4 is 17.3 Å².